The van der Waals surface area contributed by atoms with Crippen molar-refractivity contribution in [3.63, 3.8) is 0 Å². The van der Waals surface area contributed by atoms with Crippen LogP contribution in [0.2, 0.25) is 0 Å². The molecule has 1 aromatic heterocycles. The van der Waals surface area contributed by atoms with Crippen molar-refractivity contribution in [2.45, 2.75) is 32.4 Å². The van der Waals surface area contributed by atoms with Gasteiger partial charge in [-0.25, -0.2) is 4.39 Å². The van der Waals surface area contributed by atoms with E-state index >= 15 is 0 Å². The molecule has 1 fully saturated rings. The van der Waals surface area contributed by atoms with Crippen molar-refractivity contribution >= 4 is 5.69 Å². The topological polar surface area (TPSA) is 28.2 Å². The van der Waals surface area contributed by atoms with Gasteiger partial charge in [0.05, 0.1) is 5.69 Å². The molecule has 2 aromatic rings. The van der Waals surface area contributed by atoms with Gasteiger partial charge in [0.15, 0.2) is 0 Å². The maximum absolute atomic E-state index is 13.0. The molecule has 4 heteroatoms. The number of piperidine rings is 1. The fourth-order valence-electron chi connectivity index (χ4n) is 3.02. The van der Waals surface area contributed by atoms with Crippen molar-refractivity contribution in [2.24, 2.45) is 0 Å². The number of nitrogens with one attached hydrogen (secondary N) is 1. The summed E-state index contributed by atoms with van der Waals surface area (Å²) in [5, 5.41) is 3.51. The molecule has 3 rings (SSSR count). The fraction of sp³-hybridized carbons (Fsp3) is 0.389. The van der Waals surface area contributed by atoms with Gasteiger partial charge < -0.3 is 5.32 Å². The Morgan fingerprint density at radius 1 is 1.23 bits per heavy atom. The maximum Gasteiger partial charge on any atom is 0.123 e. The van der Waals surface area contributed by atoms with Crippen LogP contribution in [-0.2, 0) is 6.54 Å². The molecule has 116 valence electrons. The van der Waals surface area contributed by atoms with Gasteiger partial charge in [0.25, 0.3) is 0 Å². The molecule has 1 saturated heterocycles. The molecule has 3 nitrogen and oxygen atoms in total. The van der Waals surface area contributed by atoms with E-state index in [-0.39, 0.29) is 5.82 Å². The lowest BCUT2D eigenvalue weighted by atomic mass is 10.0. The van der Waals surface area contributed by atoms with Crippen molar-refractivity contribution in [3.05, 3.63) is 59.7 Å². The van der Waals surface area contributed by atoms with Gasteiger partial charge in [0, 0.05) is 30.5 Å². The number of rotatable bonds is 4. The number of pyridine rings is 1. The first-order chi connectivity index (χ1) is 10.7. The third-order valence-corrected chi connectivity index (χ3v) is 4.05. The van der Waals surface area contributed by atoms with E-state index in [1.165, 1.54) is 18.6 Å². The summed E-state index contributed by atoms with van der Waals surface area (Å²) in [5.74, 6) is -0.193. The van der Waals surface area contributed by atoms with Gasteiger partial charge >= 0.3 is 0 Å². The number of nitrogens with zero attached hydrogens (tertiary/aromatic N) is 2. The van der Waals surface area contributed by atoms with Crippen LogP contribution in [0.1, 0.15) is 24.2 Å². The minimum Gasteiger partial charge on any atom is -0.381 e. The molecule has 1 N–H and O–H groups in total. The van der Waals surface area contributed by atoms with Crippen molar-refractivity contribution in [1.29, 1.82) is 0 Å². The number of anilines is 1. The lowest BCUT2D eigenvalue weighted by Gasteiger charge is -2.33. The Bertz CT molecular complexity index is 612. The van der Waals surface area contributed by atoms with Gasteiger partial charge in [-0.1, -0.05) is 6.07 Å². The summed E-state index contributed by atoms with van der Waals surface area (Å²) in [6.45, 7) is 5.02. The molecule has 1 aliphatic heterocycles. The Morgan fingerprint density at radius 3 is 2.82 bits per heavy atom. The van der Waals surface area contributed by atoms with E-state index in [4.69, 9.17) is 0 Å². The molecule has 1 atom stereocenters. The van der Waals surface area contributed by atoms with E-state index in [0.717, 1.165) is 43.1 Å². The smallest absolute Gasteiger partial charge is 0.123 e. The molecule has 1 aliphatic rings. The Kier molecular flexibility index (Phi) is 4.68. The molecule has 1 aromatic carbocycles. The Balaban J connectivity index is 1.58. The monoisotopic (exact) mass is 299 g/mol. The minimum atomic E-state index is -0.193. The zero-order valence-electron chi connectivity index (χ0n) is 12.9. The average Bonchev–Trinajstić information content (AvgIpc) is 2.50. The molecule has 0 unspecified atom stereocenters. The van der Waals surface area contributed by atoms with E-state index in [1.54, 1.807) is 12.1 Å². The number of hydrogen-bond acceptors (Lipinski definition) is 3. The van der Waals surface area contributed by atoms with Gasteiger partial charge in [-0.2, -0.15) is 0 Å². The van der Waals surface area contributed by atoms with Crippen LogP contribution in [0.5, 0.6) is 0 Å². The maximum atomic E-state index is 13.0. The first-order valence-corrected chi connectivity index (χ1v) is 7.86. The summed E-state index contributed by atoms with van der Waals surface area (Å²) in [7, 11) is 0. The van der Waals surface area contributed by atoms with Crippen LogP contribution < -0.4 is 5.32 Å². The van der Waals surface area contributed by atoms with Crippen LogP contribution in [-0.4, -0.2) is 29.0 Å². The molecular formula is C18H22FN3. The quantitative estimate of drug-likeness (QED) is 0.935. The molecule has 0 bridgehead atoms. The molecule has 0 aliphatic carbocycles. The number of likely N-dealkylation sites (tertiary alicyclic amines) is 1. The molecule has 2 heterocycles. The van der Waals surface area contributed by atoms with Crippen molar-refractivity contribution in [1.82, 2.24) is 9.88 Å². The Hall–Kier alpha value is -1.94. The predicted octanol–water partition coefficient (Wildman–Crippen LogP) is 3.61. The van der Waals surface area contributed by atoms with E-state index in [2.05, 4.69) is 27.3 Å². The second kappa shape index (κ2) is 6.88. The van der Waals surface area contributed by atoms with Crippen molar-refractivity contribution in [2.75, 3.05) is 18.4 Å². The Labute approximate surface area is 131 Å². The SMILES string of the molecule is Cc1cccc(CN2CCC[C@@H](Nc3ccc(F)cc3)C2)n1. The lowest BCUT2D eigenvalue weighted by molar-refractivity contribution is 0.206. The van der Waals surface area contributed by atoms with Gasteiger partial charge in [0.1, 0.15) is 5.82 Å². The first kappa shape index (κ1) is 15.0. The fourth-order valence-corrected chi connectivity index (χ4v) is 3.02. The summed E-state index contributed by atoms with van der Waals surface area (Å²) in [6, 6.07) is 13.2. The number of hydrogen-bond donors (Lipinski definition) is 1. The third kappa shape index (κ3) is 4.04. The number of aromatic nitrogens is 1. The van der Waals surface area contributed by atoms with Crippen molar-refractivity contribution < 1.29 is 4.39 Å². The van der Waals surface area contributed by atoms with Crippen LogP contribution in [0, 0.1) is 12.7 Å². The summed E-state index contributed by atoms with van der Waals surface area (Å²) in [5.41, 5.74) is 3.18. The molecule has 0 spiro atoms. The van der Waals surface area contributed by atoms with Gasteiger partial charge in [-0.05, 0) is 62.7 Å². The number of benzene rings is 1. The zero-order chi connectivity index (χ0) is 15.4. The van der Waals surface area contributed by atoms with Crippen LogP contribution in [0.15, 0.2) is 42.5 Å². The summed E-state index contributed by atoms with van der Waals surface area (Å²) >= 11 is 0. The molecule has 0 amide bonds. The predicted molar refractivity (Wildman–Crippen MR) is 87.3 cm³/mol. The highest BCUT2D eigenvalue weighted by atomic mass is 19.1. The van der Waals surface area contributed by atoms with Crippen LogP contribution >= 0.6 is 0 Å². The lowest BCUT2D eigenvalue weighted by Crippen LogP contribution is -2.41. The zero-order valence-corrected chi connectivity index (χ0v) is 12.9. The summed E-state index contributed by atoms with van der Waals surface area (Å²) < 4.78 is 13.0. The van der Waals surface area contributed by atoms with Gasteiger partial charge in [-0.15, -0.1) is 0 Å². The molecule has 0 saturated carbocycles. The molecule has 0 radical (unpaired) electrons. The first-order valence-electron chi connectivity index (χ1n) is 7.86. The van der Waals surface area contributed by atoms with E-state index in [9.17, 15) is 4.39 Å². The highest BCUT2D eigenvalue weighted by Gasteiger charge is 2.20. The standard InChI is InChI=1S/C18H22FN3/c1-14-4-2-5-17(20-14)12-22-11-3-6-18(13-22)21-16-9-7-15(19)8-10-16/h2,4-5,7-10,18,21H,3,6,11-13H2,1H3/t18-/m1/s1. The largest absolute Gasteiger partial charge is 0.381 e. The minimum absolute atomic E-state index is 0.193. The third-order valence-electron chi connectivity index (χ3n) is 4.05. The number of aryl methyl sites for hydroxylation is 1. The van der Waals surface area contributed by atoms with Gasteiger partial charge in [-0.3, -0.25) is 9.88 Å². The summed E-state index contributed by atoms with van der Waals surface area (Å²) in [6.07, 6.45) is 2.32. The van der Waals surface area contributed by atoms with Crippen LogP contribution in [0.25, 0.3) is 0 Å². The van der Waals surface area contributed by atoms with Crippen molar-refractivity contribution in [3.8, 4) is 0 Å². The molecule has 22 heavy (non-hydrogen) atoms. The highest BCUT2D eigenvalue weighted by Crippen LogP contribution is 2.18. The normalized spacial score (nSPS) is 19.1. The van der Waals surface area contributed by atoms with Crippen LogP contribution in [0.3, 0.4) is 0 Å². The van der Waals surface area contributed by atoms with E-state index in [0.29, 0.717) is 6.04 Å². The van der Waals surface area contributed by atoms with E-state index < -0.39 is 0 Å². The number of halogens is 1. The van der Waals surface area contributed by atoms with Crippen LogP contribution in [0.4, 0.5) is 10.1 Å². The second-order valence-electron chi connectivity index (χ2n) is 6.00. The summed E-state index contributed by atoms with van der Waals surface area (Å²) in [4.78, 5) is 7.02. The Morgan fingerprint density at radius 2 is 2.05 bits per heavy atom. The highest BCUT2D eigenvalue weighted by molar-refractivity contribution is 5.43. The van der Waals surface area contributed by atoms with Gasteiger partial charge in [0.2, 0.25) is 0 Å². The second-order valence-corrected chi connectivity index (χ2v) is 6.00. The van der Waals surface area contributed by atoms with E-state index in [1.807, 2.05) is 13.0 Å². The average molecular weight is 299 g/mol. The molecular weight excluding hydrogens is 277 g/mol.